The fourth-order valence-corrected chi connectivity index (χ4v) is 5.40. The Bertz CT molecular complexity index is 500. The Morgan fingerprint density at radius 3 is 3.10 bits per heavy atom. The maximum atomic E-state index is 5.01. The summed E-state index contributed by atoms with van der Waals surface area (Å²) in [4.78, 5) is 11.8. The fourth-order valence-electron chi connectivity index (χ4n) is 4.15. The topological polar surface area (TPSA) is 31.4 Å². The van der Waals surface area contributed by atoms with Crippen molar-refractivity contribution in [2.75, 3.05) is 37.6 Å². The molecule has 5 heteroatoms. The largest absolute Gasteiger partial charge is 0.345 e. The molecule has 1 aromatic heterocycles. The summed E-state index contributed by atoms with van der Waals surface area (Å²) >= 11 is 1.96. The van der Waals surface area contributed by atoms with Crippen molar-refractivity contribution in [3.8, 4) is 0 Å². The SMILES string of the molecule is CCNC1CCCc2nc(N3CCN4CCCC4C3)sc21. The molecule has 0 amide bonds. The molecule has 0 bridgehead atoms. The number of fused-ring (bicyclic) bond motifs is 2. The van der Waals surface area contributed by atoms with Crippen molar-refractivity contribution in [2.45, 2.75) is 51.1 Å². The van der Waals surface area contributed by atoms with E-state index in [-0.39, 0.29) is 0 Å². The van der Waals surface area contributed by atoms with Gasteiger partial charge in [0.2, 0.25) is 0 Å². The summed E-state index contributed by atoms with van der Waals surface area (Å²) in [5.74, 6) is 0. The first-order chi connectivity index (χ1) is 10.3. The van der Waals surface area contributed by atoms with Crippen molar-refractivity contribution < 1.29 is 0 Å². The molecular formula is C16H26N4S. The molecule has 21 heavy (non-hydrogen) atoms. The fraction of sp³-hybridized carbons (Fsp3) is 0.812. The van der Waals surface area contributed by atoms with Gasteiger partial charge in [-0.05, 0) is 45.2 Å². The molecule has 0 radical (unpaired) electrons. The number of rotatable bonds is 3. The van der Waals surface area contributed by atoms with Crippen LogP contribution in [-0.4, -0.2) is 48.6 Å². The van der Waals surface area contributed by atoms with Crippen LogP contribution in [0.2, 0.25) is 0 Å². The minimum atomic E-state index is 0.553. The zero-order chi connectivity index (χ0) is 14.2. The molecule has 3 heterocycles. The summed E-state index contributed by atoms with van der Waals surface area (Å²) in [5, 5.41) is 4.93. The summed E-state index contributed by atoms with van der Waals surface area (Å²) < 4.78 is 0. The molecule has 4 nitrogen and oxygen atoms in total. The number of aromatic nitrogens is 1. The number of nitrogens with one attached hydrogen (secondary N) is 1. The molecule has 0 saturated carbocycles. The Hall–Kier alpha value is -0.650. The van der Waals surface area contributed by atoms with Crippen molar-refractivity contribution in [1.29, 1.82) is 0 Å². The van der Waals surface area contributed by atoms with Gasteiger partial charge in [0.05, 0.1) is 5.69 Å². The van der Waals surface area contributed by atoms with Crippen LogP contribution in [0, 0.1) is 0 Å². The number of piperazine rings is 1. The average Bonchev–Trinajstić information content (AvgIpc) is 3.13. The number of anilines is 1. The minimum Gasteiger partial charge on any atom is -0.345 e. The molecule has 2 atom stereocenters. The van der Waals surface area contributed by atoms with Crippen LogP contribution in [0.25, 0.3) is 0 Å². The molecule has 0 aromatic carbocycles. The Balaban J connectivity index is 1.53. The first kappa shape index (κ1) is 14.0. The summed E-state index contributed by atoms with van der Waals surface area (Å²) in [7, 11) is 0. The minimum absolute atomic E-state index is 0.553. The smallest absolute Gasteiger partial charge is 0.185 e. The molecule has 4 rings (SSSR count). The van der Waals surface area contributed by atoms with Crippen LogP contribution in [0.5, 0.6) is 0 Å². The van der Waals surface area contributed by atoms with Crippen LogP contribution in [0.15, 0.2) is 0 Å². The Labute approximate surface area is 131 Å². The van der Waals surface area contributed by atoms with Crippen molar-refractivity contribution in [3.63, 3.8) is 0 Å². The highest BCUT2D eigenvalue weighted by atomic mass is 32.1. The van der Waals surface area contributed by atoms with Crippen molar-refractivity contribution in [3.05, 3.63) is 10.6 Å². The normalized spacial score (nSPS) is 29.5. The van der Waals surface area contributed by atoms with Gasteiger partial charge >= 0.3 is 0 Å². The van der Waals surface area contributed by atoms with Crippen LogP contribution in [0.1, 0.15) is 49.2 Å². The van der Waals surface area contributed by atoms with E-state index in [4.69, 9.17) is 4.98 Å². The van der Waals surface area contributed by atoms with E-state index in [1.165, 1.54) is 67.4 Å². The summed E-state index contributed by atoms with van der Waals surface area (Å²) in [5.41, 5.74) is 1.38. The molecule has 2 fully saturated rings. The van der Waals surface area contributed by atoms with E-state index in [9.17, 15) is 0 Å². The highest BCUT2D eigenvalue weighted by Gasteiger charge is 2.33. The first-order valence-electron chi connectivity index (χ1n) is 8.57. The van der Waals surface area contributed by atoms with Gasteiger partial charge in [0, 0.05) is 36.6 Å². The van der Waals surface area contributed by atoms with Gasteiger partial charge in [-0.1, -0.05) is 18.3 Å². The lowest BCUT2D eigenvalue weighted by molar-refractivity contribution is 0.231. The maximum Gasteiger partial charge on any atom is 0.185 e. The Kier molecular flexibility index (Phi) is 3.90. The van der Waals surface area contributed by atoms with Crippen LogP contribution < -0.4 is 10.2 Å². The van der Waals surface area contributed by atoms with E-state index in [0.29, 0.717) is 6.04 Å². The molecule has 2 unspecified atom stereocenters. The zero-order valence-corrected chi connectivity index (χ0v) is 13.8. The van der Waals surface area contributed by atoms with E-state index < -0.39 is 0 Å². The molecule has 2 aliphatic heterocycles. The second-order valence-corrected chi connectivity index (χ2v) is 7.60. The second-order valence-electron chi connectivity index (χ2n) is 6.59. The van der Waals surface area contributed by atoms with E-state index in [0.717, 1.165) is 19.1 Å². The highest BCUT2D eigenvalue weighted by Crippen LogP contribution is 2.38. The van der Waals surface area contributed by atoms with Crippen molar-refractivity contribution in [2.24, 2.45) is 0 Å². The van der Waals surface area contributed by atoms with Gasteiger partial charge in [-0.2, -0.15) is 0 Å². The van der Waals surface area contributed by atoms with Crippen LogP contribution >= 0.6 is 11.3 Å². The summed E-state index contributed by atoms with van der Waals surface area (Å²) in [6, 6.07) is 1.34. The van der Waals surface area contributed by atoms with Crippen molar-refractivity contribution in [1.82, 2.24) is 15.2 Å². The molecule has 1 aromatic rings. The summed E-state index contributed by atoms with van der Waals surface area (Å²) in [6.45, 7) is 8.15. The van der Waals surface area contributed by atoms with Gasteiger partial charge in [0.25, 0.3) is 0 Å². The second kappa shape index (κ2) is 5.86. The predicted molar refractivity (Wildman–Crippen MR) is 88.3 cm³/mol. The molecule has 2 saturated heterocycles. The standard InChI is InChI=1S/C16H26N4S/c1-2-17-13-6-3-7-14-15(13)21-16(18-14)20-10-9-19-8-4-5-12(19)11-20/h12-13,17H,2-11H2,1H3. The predicted octanol–water partition coefficient (Wildman–Crippen LogP) is 2.41. The average molecular weight is 306 g/mol. The number of hydrogen-bond donors (Lipinski definition) is 1. The van der Waals surface area contributed by atoms with Gasteiger partial charge in [-0.15, -0.1) is 0 Å². The summed E-state index contributed by atoms with van der Waals surface area (Å²) in [6.07, 6.45) is 6.50. The lowest BCUT2D eigenvalue weighted by Crippen LogP contribution is -2.50. The van der Waals surface area contributed by atoms with Crippen LogP contribution in [-0.2, 0) is 6.42 Å². The third kappa shape index (κ3) is 2.60. The lowest BCUT2D eigenvalue weighted by Gasteiger charge is -2.37. The molecule has 3 aliphatic rings. The number of hydrogen-bond acceptors (Lipinski definition) is 5. The number of nitrogens with zero attached hydrogens (tertiary/aromatic N) is 3. The van der Waals surface area contributed by atoms with Gasteiger partial charge in [-0.3, -0.25) is 4.90 Å². The van der Waals surface area contributed by atoms with E-state index in [2.05, 4.69) is 22.0 Å². The first-order valence-corrected chi connectivity index (χ1v) is 9.38. The molecule has 1 N–H and O–H groups in total. The van der Waals surface area contributed by atoms with Crippen LogP contribution in [0.3, 0.4) is 0 Å². The number of aryl methyl sites for hydroxylation is 1. The molecule has 0 spiro atoms. The van der Waals surface area contributed by atoms with E-state index in [1.54, 1.807) is 0 Å². The maximum absolute atomic E-state index is 5.01. The van der Waals surface area contributed by atoms with Gasteiger partial charge in [0.1, 0.15) is 0 Å². The van der Waals surface area contributed by atoms with E-state index >= 15 is 0 Å². The van der Waals surface area contributed by atoms with E-state index in [1.807, 2.05) is 11.3 Å². The molecule has 116 valence electrons. The Morgan fingerprint density at radius 2 is 2.19 bits per heavy atom. The third-order valence-corrected chi connectivity index (χ3v) is 6.52. The van der Waals surface area contributed by atoms with Gasteiger partial charge < -0.3 is 10.2 Å². The van der Waals surface area contributed by atoms with Gasteiger partial charge in [0.15, 0.2) is 5.13 Å². The van der Waals surface area contributed by atoms with Gasteiger partial charge in [-0.25, -0.2) is 4.98 Å². The number of thiazole rings is 1. The van der Waals surface area contributed by atoms with Crippen LogP contribution in [0.4, 0.5) is 5.13 Å². The monoisotopic (exact) mass is 306 g/mol. The molecule has 1 aliphatic carbocycles. The zero-order valence-electron chi connectivity index (χ0n) is 13.0. The molecular weight excluding hydrogens is 280 g/mol. The highest BCUT2D eigenvalue weighted by molar-refractivity contribution is 7.15. The third-order valence-electron chi connectivity index (χ3n) is 5.25. The lowest BCUT2D eigenvalue weighted by atomic mass is 9.98. The quantitative estimate of drug-likeness (QED) is 0.929. The Morgan fingerprint density at radius 1 is 1.24 bits per heavy atom. The van der Waals surface area contributed by atoms with Crippen molar-refractivity contribution >= 4 is 16.5 Å².